The van der Waals surface area contributed by atoms with Crippen molar-refractivity contribution in [2.75, 3.05) is 34.7 Å². The van der Waals surface area contributed by atoms with Gasteiger partial charge in [-0.2, -0.15) is 0 Å². The smallest absolute Gasteiger partial charge is 0.376 e. The lowest BCUT2D eigenvalue weighted by molar-refractivity contribution is 0.122. The first-order valence-corrected chi connectivity index (χ1v) is 7.96. The third kappa shape index (κ3) is 2.51. The lowest BCUT2D eigenvalue weighted by Gasteiger charge is -2.32. The van der Waals surface area contributed by atoms with Gasteiger partial charge in [0.05, 0.1) is 0 Å². The average molecular weight is 210 g/mol. The molecule has 0 spiro atoms. The Morgan fingerprint density at radius 2 is 1.33 bits per heavy atom. The lowest BCUT2D eigenvalue weighted by atomic mass is 11.0. The van der Waals surface area contributed by atoms with Crippen molar-refractivity contribution in [3.8, 4) is 0 Å². The summed E-state index contributed by atoms with van der Waals surface area (Å²) < 4.78 is 16.1. The molecule has 5 heteroatoms. The summed E-state index contributed by atoms with van der Waals surface area (Å²) in [5.41, 5.74) is 0. The van der Waals surface area contributed by atoms with Crippen molar-refractivity contribution in [1.82, 2.24) is 0 Å². The molecule has 0 bridgehead atoms. The van der Waals surface area contributed by atoms with E-state index >= 15 is 0 Å². The van der Waals surface area contributed by atoms with Gasteiger partial charge >= 0.3 is 8.80 Å². The Morgan fingerprint density at radius 3 is 1.42 bits per heavy atom. The maximum atomic E-state index is 5.37. The number of hydrogen-bond acceptors (Lipinski definition) is 3. The maximum absolute atomic E-state index is 5.37. The molecule has 1 unspecified atom stereocenters. The van der Waals surface area contributed by atoms with Crippen LogP contribution in [0, 0.1) is 0 Å². The summed E-state index contributed by atoms with van der Waals surface area (Å²) in [7, 11) is 2.55. The SMILES string of the molecule is CO[Si](OC)(OC)C(C)P(C)C. The quantitative estimate of drug-likeness (QED) is 0.509. The van der Waals surface area contributed by atoms with Crippen LogP contribution < -0.4 is 0 Å². The first-order valence-electron chi connectivity index (χ1n) is 3.86. The van der Waals surface area contributed by atoms with Gasteiger partial charge in [-0.25, -0.2) is 0 Å². The van der Waals surface area contributed by atoms with E-state index in [2.05, 4.69) is 20.3 Å². The van der Waals surface area contributed by atoms with Crippen LogP contribution >= 0.6 is 7.92 Å². The van der Waals surface area contributed by atoms with Crippen LogP contribution in [0.1, 0.15) is 6.92 Å². The van der Waals surface area contributed by atoms with E-state index in [0.717, 1.165) is 0 Å². The first kappa shape index (κ1) is 12.5. The van der Waals surface area contributed by atoms with E-state index in [9.17, 15) is 0 Å². The molecule has 0 aliphatic rings. The van der Waals surface area contributed by atoms with E-state index in [1.54, 1.807) is 21.3 Å². The zero-order chi connectivity index (χ0) is 9.78. The van der Waals surface area contributed by atoms with Gasteiger partial charge in [-0.3, -0.25) is 0 Å². The molecule has 74 valence electrons. The van der Waals surface area contributed by atoms with Crippen LogP contribution in [-0.4, -0.2) is 48.7 Å². The predicted molar refractivity (Wildman–Crippen MR) is 55.0 cm³/mol. The van der Waals surface area contributed by atoms with Gasteiger partial charge in [-0.15, -0.1) is 7.92 Å². The molecule has 3 nitrogen and oxygen atoms in total. The fourth-order valence-corrected chi connectivity index (χ4v) is 6.08. The van der Waals surface area contributed by atoms with Gasteiger partial charge in [-0.1, -0.05) is 6.92 Å². The fourth-order valence-electron chi connectivity index (χ4n) is 1.08. The highest BCUT2D eigenvalue weighted by atomic mass is 31.1. The normalized spacial score (nSPS) is 15.2. The van der Waals surface area contributed by atoms with Crippen LogP contribution in [0.5, 0.6) is 0 Å². The molecule has 0 saturated carbocycles. The van der Waals surface area contributed by atoms with Crippen LogP contribution in [0.2, 0.25) is 0 Å². The summed E-state index contributed by atoms with van der Waals surface area (Å²) in [6.45, 7) is 6.55. The minimum Gasteiger partial charge on any atom is -0.376 e. The van der Waals surface area contributed by atoms with Crippen molar-refractivity contribution in [2.24, 2.45) is 0 Å². The molecule has 0 heterocycles. The van der Waals surface area contributed by atoms with Crippen LogP contribution in [0.4, 0.5) is 0 Å². The Labute approximate surface area is 77.5 Å². The van der Waals surface area contributed by atoms with Crippen molar-refractivity contribution in [1.29, 1.82) is 0 Å². The van der Waals surface area contributed by atoms with Crippen LogP contribution in [-0.2, 0) is 13.3 Å². The van der Waals surface area contributed by atoms with Gasteiger partial charge in [0.15, 0.2) is 0 Å². The summed E-state index contributed by atoms with van der Waals surface area (Å²) in [6.07, 6.45) is 0. The van der Waals surface area contributed by atoms with Crippen molar-refractivity contribution in [3.63, 3.8) is 0 Å². The minimum absolute atomic E-state index is 0.0804. The number of hydrogen-bond donors (Lipinski definition) is 0. The summed E-state index contributed by atoms with van der Waals surface area (Å²) in [5.74, 6) is 0. The molecule has 0 aromatic carbocycles. The highest BCUT2D eigenvalue weighted by Crippen LogP contribution is 2.38. The van der Waals surface area contributed by atoms with Crippen LogP contribution in [0.25, 0.3) is 0 Å². The summed E-state index contributed by atoms with van der Waals surface area (Å²) in [6, 6.07) is 0. The Morgan fingerprint density at radius 1 is 1.00 bits per heavy atom. The molecule has 12 heavy (non-hydrogen) atoms. The zero-order valence-electron chi connectivity index (χ0n) is 8.75. The van der Waals surface area contributed by atoms with E-state index in [4.69, 9.17) is 13.3 Å². The monoisotopic (exact) mass is 210 g/mol. The van der Waals surface area contributed by atoms with Crippen molar-refractivity contribution in [2.45, 2.75) is 12.2 Å². The second-order valence-electron chi connectivity index (χ2n) is 2.86. The summed E-state index contributed by atoms with van der Waals surface area (Å²) in [5, 5.41) is 0.396. The molecule has 1 atom stereocenters. The Bertz CT molecular complexity index is 120. The summed E-state index contributed by atoms with van der Waals surface area (Å²) >= 11 is 0. The van der Waals surface area contributed by atoms with E-state index in [-0.39, 0.29) is 7.92 Å². The third-order valence-electron chi connectivity index (χ3n) is 2.14. The summed E-state index contributed by atoms with van der Waals surface area (Å²) in [4.78, 5) is 0. The molecule has 0 rings (SSSR count). The van der Waals surface area contributed by atoms with Crippen molar-refractivity contribution >= 4 is 16.7 Å². The van der Waals surface area contributed by atoms with E-state index in [1.807, 2.05) is 0 Å². The van der Waals surface area contributed by atoms with Gasteiger partial charge in [0, 0.05) is 26.6 Å². The maximum Gasteiger partial charge on any atom is 0.507 e. The third-order valence-corrected chi connectivity index (χ3v) is 8.92. The highest BCUT2D eigenvalue weighted by molar-refractivity contribution is 7.59. The van der Waals surface area contributed by atoms with Gasteiger partial charge < -0.3 is 13.3 Å². The highest BCUT2D eigenvalue weighted by Gasteiger charge is 2.45. The molecule has 0 aromatic rings. The molecule has 0 N–H and O–H groups in total. The molecule has 0 aliphatic heterocycles. The molecule has 0 saturated heterocycles. The topological polar surface area (TPSA) is 27.7 Å². The second-order valence-corrected chi connectivity index (χ2v) is 9.34. The Kier molecular flexibility index (Phi) is 5.53. The molecule has 0 aliphatic carbocycles. The largest absolute Gasteiger partial charge is 0.507 e. The van der Waals surface area contributed by atoms with Crippen LogP contribution in [0.15, 0.2) is 0 Å². The van der Waals surface area contributed by atoms with E-state index in [1.165, 1.54) is 0 Å². The Hall–Kier alpha value is 0.527. The van der Waals surface area contributed by atoms with Crippen LogP contribution in [0.3, 0.4) is 0 Å². The van der Waals surface area contributed by atoms with Crippen molar-refractivity contribution < 1.29 is 13.3 Å². The number of rotatable bonds is 5. The molecule has 0 radical (unpaired) electrons. The average Bonchev–Trinajstić information content (AvgIpc) is 2.08. The zero-order valence-corrected chi connectivity index (χ0v) is 10.6. The molecule has 0 fully saturated rings. The van der Waals surface area contributed by atoms with E-state index in [0.29, 0.717) is 5.28 Å². The fraction of sp³-hybridized carbons (Fsp3) is 1.00. The van der Waals surface area contributed by atoms with Gasteiger partial charge in [0.2, 0.25) is 0 Å². The van der Waals surface area contributed by atoms with Gasteiger partial charge in [-0.05, 0) is 13.3 Å². The standard InChI is InChI=1S/C7H19O3PSi/c1-7(11(5)6)12(8-2,9-3)10-4/h7H,1-6H3. The second kappa shape index (κ2) is 5.30. The minimum atomic E-state index is -2.36. The lowest BCUT2D eigenvalue weighted by Crippen LogP contribution is -2.52. The van der Waals surface area contributed by atoms with E-state index < -0.39 is 8.80 Å². The Balaban J connectivity index is 4.46. The van der Waals surface area contributed by atoms with Gasteiger partial charge in [0.25, 0.3) is 0 Å². The van der Waals surface area contributed by atoms with Crippen molar-refractivity contribution in [3.05, 3.63) is 0 Å². The molecule has 0 aromatic heterocycles. The molecule has 0 amide bonds. The predicted octanol–water partition coefficient (Wildman–Crippen LogP) is 1.53. The van der Waals surface area contributed by atoms with Gasteiger partial charge in [0.1, 0.15) is 0 Å². The molecular weight excluding hydrogens is 191 g/mol. The first-order chi connectivity index (χ1) is 5.54. The molecular formula is C7H19O3PSi.